The standard InChI is InChI=1S/C22H25N3O4/c1-24(2)12-16-6-4-3-5-15(16)11-23-22(27)17-9-21(26)25(13-17)18-7-8-19-20(10-18)29-14-28-19/h3-8,10,17H,9,11-14H2,1-2H3,(H,23,27). The van der Waals surface area contributed by atoms with Crippen LogP contribution in [0.1, 0.15) is 17.5 Å². The van der Waals surface area contributed by atoms with Crippen LogP contribution >= 0.6 is 0 Å². The highest BCUT2D eigenvalue weighted by Crippen LogP contribution is 2.37. The van der Waals surface area contributed by atoms with E-state index in [1.54, 1.807) is 17.0 Å². The highest BCUT2D eigenvalue weighted by atomic mass is 16.7. The Kier molecular flexibility index (Phi) is 5.40. The molecule has 2 aliphatic rings. The number of benzene rings is 2. The summed E-state index contributed by atoms with van der Waals surface area (Å²) in [6.07, 6.45) is 0.208. The molecule has 0 spiro atoms. The van der Waals surface area contributed by atoms with Crippen LogP contribution in [0, 0.1) is 5.92 Å². The first kappa shape index (κ1) is 19.3. The fraction of sp³-hybridized carbons (Fsp3) is 0.364. The lowest BCUT2D eigenvalue weighted by Crippen LogP contribution is -2.33. The summed E-state index contributed by atoms with van der Waals surface area (Å²) < 4.78 is 10.7. The molecule has 1 N–H and O–H groups in total. The molecule has 152 valence electrons. The van der Waals surface area contributed by atoms with Gasteiger partial charge in [0.1, 0.15) is 0 Å². The van der Waals surface area contributed by atoms with Crippen molar-refractivity contribution in [2.45, 2.75) is 19.5 Å². The summed E-state index contributed by atoms with van der Waals surface area (Å²) in [6.45, 7) is 1.82. The lowest BCUT2D eigenvalue weighted by molar-refractivity contribution is -0.126. The molecule has 0 aromatic heterocycles. The number of hydrogen-bond acceptors (Lipinski definition) is 5. The molecule has 2 heterocycles. The summed E-state index contributed by atoms with van der Waals surface area (Å²) in [5.74, 6) is 0.777. The fourth-order valence-electron chi connectivity index (χ4n) is 3.74. The quantitative estimate of drug-likeness (QED) is 0.812. The Labute approximate surface area is 170 Å². The molecule has 1 fully saturated rings. The number of carbonyl (C=O) groups is 2. The Hall–Kier alpha value is -3.06. The van der Waals surface area contributed by atoms with Gasteiger partial charge in [-0.15, -0.1) is 0 Å². The van der Waals surface area contributed by atoms with Crippen molar-refractivity contribution >= 4 is 17.5 Å². The van der Waals surface area contributed by atoms with Crippen LogP contribution in [0.2, 0.25) is 0 Å². The van der Waals surface area contributed by atoms with Crippen molar-refractivity contribution in [2.24, 2.45) is 5.92 Å². The minimum absolute atomic E-state index is 0.0583. The zero-order valence-corrected chi connectivity index (χ0v) is 16.7. The molecule has 1 unspecified atom stereocenters. The highest BCUT2D eigenvalue weighted by molar-refractivity contribution is 6.00. The van der Waals surface area contributed by atoms with Gasteiger partial charge >= 0.3 is 0 Å². The van der Waals surface area contributed by atoms with E-state index < -0.39 is 0 Å². The Morgan fingerprint density at radius 1 is 1.14 bits per heavy atom. The third-order valence-corrected chi connectivity index (χ3v) is 5.22. The van der Waals surface area contributed by atoms with Crippen molar-refractivity contribution in [3.05, 3.63) is 53.6 Å². The summed E-state index contributed by atoms with van der Waals surface area (Å²) in [5.41, 5.74) is 3.00. The maximum atomic E-state index is 12.7. The van der Waals surface area contributed by atoms with Crippen LogP contribution in [0.5, 0.6) is 11.5 Å². The second-order valence-electron chi connectivity index (χ2n) is 7.67. The summed E-state index contributed by atoms with van der Waals surface area (Å²) in [7, 11) is 4.04. The number of nitrogens with zero attached hydrogens (tertiary/aromatic N) is 2. The molecule has 2 aliphatic heterocycles. The Morgan fingerprint density at radius 3 is 2.69 bits per heavy atom. The van der Waals surface area contributed by atoms with Crippen molar-refractivity contribution in [1.29, 1.82) is 0 Å². The van der Waals surface area contributed by atoms with Crippen LogP contribution in [0.25, 0.3) is 0 Å². The van der Waals surface area contributed by atoms with Gasteiger partial charge in [0.2, 0.25) is 18.6 Å². The van der Waals surface area contributed by atoms with Gasteiger partial charge in [-0.1, -0.05) is 24.3 Å². The molecule has 0 bridgehead atoms. The van der Waals surface area contributed by atoms with Gasteiger partial charge < -0.3 is 24.6 Å². The molecular weight excluding hydrogens is 370 g/mol. The molecular formula is C22H25N3O4. The zero-order valence-electron chi connectivity index (χ0n) is 16.7. The van der Waals surface area contributed by atoms with Crippen molar-refractivity contribution in [3.63, 3.8) is 0 Å². The van der Waals surface area contributed by atoms with E-state index in [2.05, 4.69) is 16.3 Å². The van der Waals surface area contributed by atoms with Crippen LogP contribution in [-0.2, 0) is 22.7 Å². The number of nitrogens with one attached hydrogen (secondary N) is 1. The number of carbonyl (C=O) groups excluding carboxylic acids is 2. The molecule has 2 aromatic rings. The summed E-state index contributed by atoms with van der Waals surface area (Å²) >= 11 is 0. The van der Waals surface area contributed by atoms with Crippen LogP contribution in [0.4, 0.5) is 5.69 Å². The number of rotatable bonds is 6. The molecule has 0 radical (unpaired) electrons. The maximum Gasteiger partial charge on any atom is 0.231 e. The van der Waals surface area contributed by atoms with E-state index >= 15 is 0 Å². The van der Waals surface area contributed by atoms with Gasteiger partial charge in [-0.2, -0.15) is 0 Å². The van der Waals surface area contributed by atoms with Crippen molar-refractivity contribution in [2.75, 3.05) is 32.3 Å². The Bertz CT molecular complexity index is 928. The summed E-state index contributed by atoms with van der Waals surface area (Å²) in [4.78, 5) is 29.0. The monoisotopic (exact) mass is 395 g/mol. The number of hydrogen-bond donors (Lipinski definition) is 1. The lowest BCUT2D eigenvalue weighted by Gasteiger charge is -2.18. The molecule has 1 saturated heterocycles. The van der Waals surface area contributed by atoms with Gasteiger partial charge in [-0.05, 0) is 37.4 Å². The predicted molar refractivity (Wildman–Crippen MR) is 109 cm³/mol. The van der Waals surface area contributed by atoms with E-state index in [-0.39, 0.29) is 30.9 Å². The smallest absolute Gasteiger partial charge is 0.231 e. The normalized spacial score (nSPS) is 17.8. The van der Waals surface area contributed by atoms with Gasteiger partial charge in [-0.25, -0.2) is 0 Å². The number of amides is 2. The van der Waals surface area contributed by atoms with Crippen LogP contribution in [0.3, 0.4) is 0 Å². The van der Waals surface area contributed by atoms with E-state index in [0.717, 1.165) is 17.8 Å². The number of anilines is 1. The second kappa shape index (κ2) is 8.13. The predicted octanol–water partition coefficient (Wildman–Crippen LogP) is 2.15. The lowest BCUT2D eigenvalue weighted by atomic mass is 10.1. The highest BCUT2D eigenvalue weighted by Gasteiger charge is 2.35. The van der Waals surface area contributed by atoms with Crippen LogP contribution in [0.15, 0.2) is 42.5 Å². The van der Waals surface area contributed by atoms with Gasteiger partial charge in [0.15, 0.2) is 11.5 Å². The Morgan fingerprint density at radius 2 is 1.90 bits per heavy atom. The molecule has 2 aromatic carbocycles. The average Bonchev–Trinajstić information content (AvgIpc) is 3.32. The van der Waals surface area contributed by atoms with Crippen LogP contribution < -0.4 is 19.7 Å². The average molecular weight is 395 g/mol. The molecule has 0 saturated carbocycles. The summed E-state index contributed by atoms with van der Waals surface area (Å²) in [5, 5.41) is 3.01. The largest absolute Gasteiger partial charge is 0.454 e. The Balaban J connectivity index is 1.39. The van der Waals surface area contributed by atoms with Gasteiger partial charge in [0.25, 0.3) is 0 Å². The molecule has 2 amide bonds. The van der Waals surface area contributed by atoms with Crippen molar-refractivity contribution < 1.29 is 19.1 Å². The van der Waals surface area contributed by atoms with Crippen molar-refractivity contribution in [3.8, 4) is 11.5 Å². The van der Waals surface area contributed by atoms with E-state index in [0.29, 0.717) is 24.6 Å². The summed E-state index contributed by atoms with van der Waals surface area (Å²) in [6, 6.07) is 13.5. The molecule has 1 atom stereocenters. The SMILES string of the molecule is CN(C)Cc1ccccc1CNC(=O)C1CC(=O)N(c2ccc3c(c2)OCO3)C1. The van der Waals surface area contributed by atoms with E-state index in [9.17, 15) is 9.59 Å². The number of fused-ring (bicyclic) bond motifs is 1. The van der Waals surface area contributed by atoms with Gasteiger partial charge in [0.05, 0.1) is 5.92 Å². The first-order valence-corrected chi connectivity index (χ1v) is 9.70. The molecule has 7 heteroatoms. The molecule has 29 heavy (non-hydrogen) atoms. The number of ether oxygens (including phenoxy) is 2. The second-order valence-corrected chi connectivity index (χ2v) is 7.67. The third-order valence-electron chi connectivity index (χ3n) is 5.22. The van der Waals surface area contributed by atoms with E-state index in [1.807, 2.05) is 38.4 Å². The zero-order chi connectivity index (χ0) is 20.4. The first-order chi connectivity index (χ1) is 14.0. The minimum atomic E-state index is -0.367. The molecule has 4 rings (SSSR count). The molecule has 0 aliphatic carbocycles. The molecule has 7 nitrogen and oxygen atoms in total. The maximum absolute atomic E-state index is 12.7. The van der Waals surface area contributed by atoms with E-state index in [4.69, 9.17) is 9.47 Å². The van der Waals surface area contributed by atoms with Crippen LogP contribution in [-0.4, -0.2) is 44.1 Å². The van der Waals surface area contributed by atoms with Gasteiger partial charge in [0, 0.05) is 37.8 Å². The van der Waals surface area contributed by atoms with Crippen molar-refractivity contribution in [1.82, 2.24) is 10.2 Å². The first-order valence-electron chi connectivity index (χ1n) is 9.70. The minimum Gasteiger partial charge on any atom is -0.454 e. The third kappa shape index (κ3) is 4.19. The van der Waals surface area contributed by atoms with Gasteiger partial charge in [-0.3, -0.25) is 9.59 Å². The topological polar surface area (TPSA) is 71.1 Å². The fourth-order valence-corrected chi connectivity index (χ4v) is 3.74. The van der Waals surface area contributed by atoms with E-state index in [1.165, 1.54) is 5.56 Å².